The van der Waals surface area contributed by atoms with E-state index >= 15 is 0 Å². The molecule has 1 heterocycles. The fourth-order valence-corrected chi connectivity index (χ4v) is 3.70. The topological polar surface area (TPSA) is 79.3 Å². The highest BCUT2D eigenvalue weighted by Crippen LogP contribution is 2.34. The molecular weight excluding hydrogens is 417 g/mol. The summed E-state index contributed by atoms with van der Waals surface area (Å²) in [5, 5.41) is 13.9. The van der Waals surface area contributed by atoms with Crippen molar-refractivity contribution < 1.29 is 27.9 Å². The molecule has 156 valence electrons. The number of rotatable bonds is 6. The van der Waals surface area contributed by atoms with Gasteiger partial charge in [-0.05, 0) is 18.6 Å². The molecule has 5 nitrogen and oxygen atoms in total. The number of hydrogen-bond donors (Lipinski definition) is 2. The molecule has 3 aromatic rings. The summed E-state index contributed by atoms with van der Waals surface area (Å²) in [7, 11) is 0. The number of benzene rings is 2. The van der Waals surface area contributed by atoms with Gasteiger partial charge in [0.1, 0.15) is 5.01 Å². The predicted molar refractivity (Wildman–Crippen MR) is 106 cm³/mol. The van der Waals surface area contributed by atoms with Gasteiger partial charge in [0.2, 0.25) is 5.91 Å². The van der Waals surface area contributed by atoms with Crippen LogP contribution in [0.5, 0.6) is 0 Å². The monoisotopic (exact) mass is 434 g/mol. The number of thiazole rings is 1. The molecule has 1 amide bonds. The van der Waals surface area contributed by atoms with E-state index < -0.39 is 35.2 Å². The van der Waals surface area contributed by atoms with Crippen molar-refractivity contribution in [2.45, 2.75) is 25.6 Å². The number of nitrogens with zero attached hydrogens (tertiary/aromatic N) is 1. The number of hydrogen-bond acceptors (Lipinski definition) is 4. The zero-order chi connectivity index (χ0) is 21.9. The average Bonchev–Trinajstić information content (AvgIpc) is 3.14. The highest BCUT2D eigenvalue weighted by Gasteiger charge is 2.37. The smallest absolute Gasteiger partial charge is 0.416 e. The van der Waals surface area contributed by atoms with Crippen LogP contribution >= 0.6 is 11.3 Å². The molecule has 0 aliphatic rings. The molecule has 1 unspecified atom stereocenters. The first-order chi connectivity index (χ1) is 14.1. The van der Waals surface area contributed by atoms with Gasteiger partial charge in [-0.3, -0.25) is 4.79 Å². The van der Waals surface area contributed by atoms with Gasteiger partial charge in [0, 0.05) is 10.9 Å². The van der Waals surface area contributed by atoms with E-state index in [1.807, 2.05) is 31.2 Å². The van der Waals surface area contributed by atoms with E-state index in [0.717, 1.165) is 29.3 Å². The molecule has 0 bridgehead atoms. The molecule has 3 rings (SSSR count). The molecule has 1 atom stereocenters. The maximum Gasteiger partial charge on any atom is 0.416 e. The Labute approximate surface area is 174 Å². The van der Waals surface area contributed by atoms with Crippen LogP contribution in [0.2, 0.25) is 0 Å². The van der Waals surface area contributed by atoms with E-state index in [2.05, 4.69) is 10.3 Å². The predicted octanol–water partition coefficient (Wildman–Crippen LogP) is 4.62. The van der Waals surface area contributed by atoms with Crippen molar-refractivity contribution in [1.29, 1.82) is 0 Å². The van der Waals surface area contributed by atoms with Crippen molar-refractivity contribution in [2.24, 2.45) is 0 Å². The Morgan fingerprint density at radius 2 is 1.80 bits per heavy atom. The summed E-state index contributed by atoms with van der Waals surface area (Å²) < 4.78 is 39.7. The average molecular weight is 434 g/mol. The largest absolute Gasteiger partial charge is 0.479 e. The van der Waals surface area contributed by atoms with Crippen molar-refractivity contribution >= 4 is 23.2 Å². The van der Waals surface area contributed by atoms with Gasteiger partial charge < -0.3 is 10.4 Å². The molecule has 2 aromatic carbocycles. The number of aromatic nitrogens is 1. The second-order valence-corrected chi connectivity index (χ2v) is 7.47. The minimum atomic E-state index is -4.74. The quantitative estimate of drug-likeness (QED) is 0.593. The SMILES string of the molecule is Cc1ccc(-c2nc(CC(=O)NC(C(=O)O)c3ccccc3C(F)(F)F)cs2)cc1. The van der Waals surface area contributed by atoms with E-state index in [4.69, 9.17) is 0 Å². The third-order valence-corrected chi connectivity index (χ3v) is 5.26. The van der Waals surface area contributed by atoms with Crippen molar-refractivity contribution in [3.63, 3.8) is 0 Å². The van der Waals surface area contributed by atoms with Gasteiger partial charge in [0.05, 0.1) is 17.7 Å². The number of alkyl halides is 3. The summed E-state index contributed by atoms with van der Waals surface area (Å²) in [6.07, 6.45) is -4.99. The Bertz CT molecular complexity index is 1060. The summed E-state index contributed by atoms with van der Waals surface area (Å²) in [6, 6.07) is 10.1. The maximum absolute atomic E-state index is 13.2. The molecule has 0 aliphatic heterocycles. The van der Waals surface area contributed by atoms with Gasteiger partial charge in [0.15, 0.2) is 6.04 Å². The van der Waals surface area contributed by atoms with Crippen LogP contribution in [-0.2, 0) is 22.2 Å². The molecule has 9 heteroatoms. The van der Waals surface area contributed by atoms with Crippen LogP contribution < -0.4 is 5.32 Å². The van der Waals surface area contributed by atoms with E-state index in [-0.39, 0.29) is 6.42 Å². The number of carbonyl (C=O) groups is 2. The Kier molecular flexibility index (Phi) is 6.21. The van der Waals surface area contributed by atoms with Gasteiger partial charge in [0.25, 0.3) is 0 Å². The van der Waals surface area contributed by atoms with Gasteiger partial charge in [-0.25, -0.2) is 9.78 Å². The van der Waals surface area contributed by atoms with Crippen molar-refractivity contribution in [2.75, 3.05) is 0 Å². The van der Waals surface area contributed by atoms with Gasteiger partial charge in [-0.2, -0.15) is 13.2 Å². The Hall–Kier alpha value is -3.20. The first kappa shape index (κ1) is 21.5. The number of carboxylic acid groups (broad SMARTS) is 1. The van der Waals surface area contributed by atoms with Crippen molar-refractivity contribution in [3.05, 3.63) is 76.3 Å². The second-order valence-electron chi connectivity index (χ2n) is 6.61. The summed E-state index contributed by atoms with van der Waals surface area (Å²) >= 11 is 1.32. The first-order valence-electron chi connectivity index (χ1n) is 8.85. The number of halogens is 3. The lowest BCUT2D eigenvalue weighted by Gasteiger charge is -2.19. The summed E-state index contributed by atoms with van der Waals surface area (Å²) in [5.41, 5.74) is 0.743. The van der Waals surface area contributed by atoms with Gasteiger partial charge in [-0.15, -0.1) is 11.3 Å². The molecular formula is C21H17F3N2O3S. The van der Waals surface area contributed by atoms with Crippen LogP contribution in [0.1, 0.15) is 28.4 Å². The zero-order valence-electron chi connectivity index (χ0n) is 15.7. The maximum atomic E-state index is 13.2. The molecule has 0 saturated carbocycles. The highest BCUT2D eigenvalue weighted by atomic mass is 32.1. The lowest BCUT2D eigenvalue weighted by Crippen LogP contribution is -2.36. The fraction of sp³-hybridized carbons (Fsp3) is 0.190. The minimum Gasteiger partial charge on any atom is -0.479 e. The van der Waals surface area contributed by atoms with Crippen LogP contribution in [0.25, 0.3) is 10.6 Å². The lowest BCUT2D eigenvalue weighted by molar-refractivity contribution is -0.144. The number of aryl methyl sites for hydroxylation is 1. The zero-order valence-corrected chi connectivity index (χ0v) is 16.6. The number of aliphatic carboxylic acids is 1. The van der Waals surface area contributed by atoms with E-state index in [1.165, 1.54) is 17.4 Å². The van der Waals surface area contributed by atoms with Crippen molar-refractivity contribution in [3.8, 4) is 10.6 Å². The Morgan fingerprint density at radius 3 is 2.43 bits per heavy atom. The minimum absolute atomic E-state index is 0.250. The van der Waals surface area contributed by atoms with E-state index in [1.54, 1.807) is 5.38 Å². The van der Waals surface area contributed by atoms with Crippen LogP contribution in [0.3, 0.4) is 0 Å². The summed E-state index contributed by atoms with van der Waals surface area (Å²) in [6.45, 7) is 1.96. The third-order valence-electron chi connectivity index (χ3n) is 4.32. The van der Waals surface area contributed by atoms with Crippen molar-refractivity contribution in [1.82, 2.24) is 10.3 Å². The first-order valence-corrected chi connectivity index (χ1v) is 9.73. The fourth-order valence-electron chi connectivity index (χ4n) is 2.87. The molecule has 30 heavy (non-hydrogen) atoms. The molecule has 1 aromatic heterocycles. The van der Waals surface area contributed by atoms with Gasteiger partial charge in [-0.1, -0.05) is 48.0 Å². The Morgan fingerprint density at radius 1 is 1.13 bits per heavy atom. The molecule has 0 fully saturated rings. The van der Waals surface area contributed by atoms with Gasteiger partial charge >= 0.3 is 12.1 Å². The number of nitrogens with one attached hydrogen (secondary N) is 1. The summed E-state index contributed by atoms with van der Waals surface area (Å²) in [5.74, 6) is -2.32. The van der Waals surface area contributed by atoms with E-state index in [0.29, 0.717) is 10.7 Å². The number of carbonyl (C=O) groups excluding carboxylic acids is 1. The number of amides is 1. The molecule has 0 spiro atoms. The summed E-state index contributed by atoms with van der Waals surface area (Å²) in [4.78, 5) is 28.3. The highest BCUT2D eigenvalue weighted by molar-refractivity contribution is 7.13. The van der Waals surface area contributed by atoms with E-state index in [9.17, 15) is 27.9 Å². The number of carboxylic acids is 1. The van der Waals surface area contributed by atoms with Crippen LogP contribution in [0, 0.1) is 6.92 Å². The second kappa shape index (κ2) is 8.66. The molecule has 0 aliphatic carbocycles. The molecule has 2 N–H and O–H groups in total. The molecule has 0 radical (unpaired) electrons. The van der Waals surface area contributed by atoms with Crippen LogP contribution in [0.4, 0.5) is 13.2 Å². The Balaban J connectivity index is 1.76. The molecule has 0 saturated heterocycles. The van der Waals surface area contributed by atoms with Crippen LogP contribution in [0.15, 0.2) is 53.9 Å². The standard InChI is InChI=1S/C21H17F3N2O3S/c1-12-6-8-13(9-7-12)19-25-14(11-30-19)10-17(27)26-18(20(28)29)15-4-2-3-5-16(15)21(22,23)24/h2-9,11,18H,10H2,1H3,(H,26,27)(H,28,29). The normalized spacial score (nSPS) is 12.4. The third kappa shape index (κ3) is 5.04. The van der Waals surface area contributed by atoms with Crippen LogP contribution in [-0.4, -0.2) is 22.0 Å². The lowest BCUT2D eigenvalue weighted by atomic mass is 9.99.